The fourth-order valence-corrected chi connectivity index (χ4v) is 2.88. The van der Waals surface area contributed by atoms with Gasteiger partial charge in [0.25, 0.3) is 0 Å². The summed E-state index contributed by atoms with van der Waals surface area (Å²) >= 11 is 3.45. The molecule has 2 nitrogen and oxygen atoms in total. The summed E-state index contributed by atoms with van der Waals surface area (Å²) in [5.74, 6) is 0.121. The number of halogens is 1. The lowest BCUT2D eigenvalue weighted by Gasteiger charge is -2.07. The predicted octanol–water partition coefficient (Wildman–Crippen LogP) is 5.84. The van der Waals surface area contributed by atoms with Gasteiger partial charge in [-0.05, 0) is 37.1 Å². The number of aryl methyl sites for hydroxylation is 1. The zero-order valence-electron chi connectivity index (χ0n) is 12.7. The number of carbonyl (C=O) groups is 1. The third-order valence-corrected chi connectivity index (χ3v) is 3.79. The molecule has 1 N–H and O–H groups in total. The first-order valence-electron chi connectivity index (χ1n) is 7.69. The molecule has 0 radical (unpaired) electrons. The number of benzene rings is 1. The Hall–Kier alpha value is -0.830. The molecule has 0 atom stereocenters. The van der Waals surface area contributed by atoms with E-state index in [-0.39, 0.29) is 5.91 Å². The van der Waals surface area contributed by atoms with E-state index in [2.05, 4.69) is 28.2 Å². The number of hydrogen-bond donors (Lipinski definition) is 1. The Morgan fingerprint density at radius 2 is 1.70 bits per heavy atom. The van der Waals surface area contributed by atoms with E-state index in [1.54, 1.807) is 0 Å². The van der Waals surface area contributed by atoms with Gasteiger partial charge in [-0.3, -0.25) is 4.79 Å². The molecular formula is C17H26BrNO. The second-order valence-electron chi connectivity index (χ2n) is 5.44. The number of unbranched alkanes of at least 4 members (excludes halogenated alkanes) is 6. The van der Waals surface area contributed by atoms with Gasteiger partial charge in [0.05, 0.1) is 0 Å². The largest absolute Gasteiger partial charge is 0.326 e. The zero-order chi connectivity index (χ0) is 14.8. The van der Waals surface area contributed by atoms with Gasteiger partial charge >= 0.3 is 0 Å². The van der Waals surface area contributed by atoms with Crippen molar-refractivity contribution in [2.45, 2.75) is 65.2 Å². The Labute approximate surface area is 131 Å². The maximum atomic E-state index is 11.8. The molecule has 0 saturated carbocycles. The summed E-state index contributed by atoms with van der Waals surface area (Å²) in [6, 6.07) is 5.97. The lowest BCUT2D eigenvalue weighted by Crippen LogP contribution is -2.11. The van der Waals surface area contributed by atoms with Gasteiger partial charge in [-0.2, -0.15) is 0 Å². The summed E-state index contributed by atoms with van der Waals surface area (Å²) in [4.78, 5) is 11.8. The van der Waals surface area contributed by atoms with E-state index in [4.69, 9.17) is 0 Å². The van der Waals surface area contributed by atoms with Gasteiger partial charge in [-0.25, -0.2) is 0 Å². The molecule has 1 amide bonds. The van der Waals surface area contributed by atoms with Crippen molar-refractivity contribution in [3.8, 4) is 0 Å². The minimum absolute atomic E-state index is 0.121. The highest BCUT2D eigenvalue weighted by Crippen LogP contribution is 2.19. The smallest absolute Gasteiger partial charge is 0.224 e. The monoisotopic (exact) mass is 339 g/mol. The van der Waals surface area contributed by atoms with Crippen molar-refractivity contribution in [2.24, 2.45) is 0 Å². The molecular weight excluding hydrogens is 314 g/mol. The average molecular weight is 340 g/mol. The second kappa shape index (κ2) is 9.98. The van der Waals surface area contributed by atoms with E-state index < -0.39 is 0 Å². The van der Waals surface area contributed by atoms with Crippen LogP contribution in [-0.2, 0) is 4.79 Å². The summed E-state index contributed by atoms with van der Waals surface area (Å²) in [7, 11) is 0. The number of rotatable bonds is 9. The van der Waals surface area contributed by atoms with Crippen molar-refractivity contribution in [3.05, 3.63) is 28.2 Å². The van der Waals surface area contributed by atoms with Gasteiger partial charge < -0.3 is 5.32 Å². The molecule has 3 heteroatoms. The van der Waals surface area contributed by atoms with Crippen molar-refractivity contribution >= 4 is 27.5 Å². The van der Waals surface area contributed by atoms with E-state index in [1.807, 2.05) is 25.1 Å². The number of amides is 1. The van der Waals surface area contributed by atoms with Crippen molar-refractivity contribution in [3.63, 3.8) is 0 Å². The van der Waals surface area contributed by atoms with Gasteiger partial charge in [0.2, 0.25) is 5.91 Å². The van der Waals surface area contributed by atoms with Gasteiger partial charge in [0, 0.05) is 16.6 Å². The Morgan fingerprint density at radius 1 is 1.05 bits per heavy atom. The maximum Gasteiger partial charge on any atom is 0.224 e. The Morgan fingerprint density at radius 3 is 2.35 bits per heavy atom. The lowest BCUT2D eigenvalue weighted by atomic mass is 10.1. The van der Waals surface area contributed by atoms with Crippen molar-refractivity contribution in [2.75, 3.05) is 5.32 Å². The Bertz CT molecular complexity index is 397. The molecule has 0 aromatic heterocycles. The number of nitrogens with one attached hydrogen (secondary N) is 1. The lowest BCUT2D eigenvalue weighted by molar-refractivity contribution is -0.116. The van der Waals surface area contributed by atoms with Crippen LogP contribution in [0.3, 0.4) is 0 Å². The molecule has 0 spiro atoms. The van der Waals surface area contributed by atoms with Crippen LogP contribution in [0.25, 0.3) is 0 Å². The fourth-order valence-electron chi connectivity index (χ4n) is 2.27. The topological polar surface area (TPSA) is 29.1 Å². The predicted molar refractivity (Wildman–Crippen MR) is 90.1 cm³/mol. The molecule has 0 aliphatic carbocycles. The van der Waals surface area contributed by atoms with Gasteiger partial charge in [-0.15, -0.1) is 0 Å². The van der Waals surface area contributed by atoms with Crippen LogP contribution in [0.4, 0.5) is 5.69 Å². The molecule has 0 heterocycles. The van der Waals surface area contributed by atoms with E-state index in [0.717, 1.165) is 28.6 Å². The molecule has 0 unspecified atom stereocenters. The highest BCUT2D eigenvalue weighted by atomic mass is 79.9. The van der Waals surface area contributed by atoms with Crippen molar-refractivity contribution in [1.29, 1.82) is 0 Å². The van der Waals surface area contributed by atoms with Crippen LogP contribution >= 0.6 is 15.9 Å². The SMILES string of the molecule is CCCCCCCCCC(=O)Nc1cc(C)cc(Br)c1. The highest BCUT2D eigenvalue weighted by Gasteiger charge is 2.03. The van der Waals surface area contributed by atoms with Gasteiger partial charge in [0.15, 0.2) is 0 Å². The number of anilines is 1. The van der Waals surface area contributed by atoms with E-state index in [9.17, 15) is 4.79 Å². The van der Waals surface area contributed by atoms with Gasteiger partial charge in [0.1, 0.15) is 0 Å². The first-order chi connectivity index (χ1) is 9.61. The molecule has 1 rings (SSSR count). The minimum Gasteiger partial charge on any atom is -0.326 e. The van der Waals surface area contributed by atoms with Crippen LogP contribution in [0.15, 0.2) is 22.7 Å². The molecule has 1 aromatic carbocycles. The molecule has 0 aliphatic rings. The van der Waals surface area contributed by atoms with Crippen LogP contribution in [0.1, 0.15) is 63.9 Å². The maximum absolute atomic E-state index is 11.8. The van der Waals surface area contributed by atoms with Gasteiger partial charge in [-0.1, -0.05) is 61.4 Å². The Balaban J connectivity index is 2.17. The van der Waals surface area contributed by atoms with E-state index in [0.29, 0.717) is 6.42 Å². The van der Waals surface area contributed by atoms with E-state index >= 15 is 0 Å². The van der Waals surface area contributed by atoms with Crippen LogP contribution < -0.4 is 5.32 Å². The quantitative estimate of drug-likeness (QED) is 0.563. The van der Waals surface area contributed by atoms with Crippen LogP contribution in [0, 0.1) is 6.92 Å². The van der Waals surface area contributed by atoms with E-state index in [1.165, 1.54) is 32.1 Å². The Kier molecular flexibility index (Phi) is 8.59. The van der Waals surface area contributed by atoms with Crippen LogP contribution in [-0.4, -0.2) is 5.91 Å². The first-order valence-corrected chi connectivity index (χ1v) is 8.48. The van der Waals surface area contributed by atoms with Crippen molar-refractivity contribution < 1.29 is 4.79 Å². The first kappa shape index (κ1) is 17.2. The molecule has 0 saturated heterocycles. The third-order valence-electron chi connectivity index (χ3n) is 3.33. The van der Waals surface area contributed by atoms with Crippen LogP contribution in [0.2, 0.25) is 0 Å². The molecule has 0 bridgehead atoms. The molecule has 20 heavy (non-hydrogen) atoms. The molecule has 112 valence electrons. The fraction of sp³-hybridized carbons (Fsp3) is 0.588. The number of carbonyl (C=O) groups excluding carboxylic acids is 1. The number of hydrogen-bond acceptors (Lipinski definition) is 1. The van der Waals surface area contributed by atoms with Crippen molar-refractivity contribution in [1.82, 2.24) is 0 Å². The third kappa shape index (κ3) is 7.68. The minimum atomic E-state index is 0.121. The summed E-state index contributed by atoms with van der Waals surface area (Å²) in [5, 5.41) is 2.97. The standard InChI is InChI=1S/C17H26BrNO/c1-3-4-5-6-7-8-9-10-17(20)19-16-12-14(2)11-15(18)13-16/h11-13H,3-10H2,1-2H3,(H,19,20). The molecule has 0 fully saturated rings. The summed E-state index contributed by atoms with van der Waals surface area (Å²) in [5.41, 5.74) is 2.02. The molecule has 0 aliphatic heterocycles. The summed E-state index contributed by atoms with van der Waals surface area (Å²) < 4.78 is 1.00. The average Bonchev–Trinajstić information content (AvgIpc) is 2.36. The zero-order valence-corrected chi connectivity index (χ0v) is 14.3. The summed E-state index contributed by atoms with van der Waals surface area (Å²) in [6.07, 6.45) is 9.29. The summed E-state index contributed by atoms with van der Waals surface area (Å²) in [6.45, 7) is 4.25. The highest BCUT2D eigenvalue weighted by molar-refractivity contribution is 9.10. The van der Waals surface area contributed by atoms with Crippen LogP contribution in [0.5, 0.6) is 0 Å². The normalized spacial score (nSPS) is 10.6. The molecule has 1 aromatic rings. The second-order valence-corrected chi connectivity index (χ2v) is 6.35.